The Labute approximate surface area is 164 Å². The highest BCUT2D eigenvalue weighted by Gasteiger charge is 2.19. The second kappa shape index (κ2) is 7.78. The van der Waals surface area contributed by atoms with Crippen molar-refractivity contribution in [3.63, 3.8) is 0 Å². The summed E-state index contributed by atoms with van der Waals surface area (Å²) in [6, 6.07) is 6.78. The Kier molecular flexibility index (Phi) is 5.59. The summed E-state index contributed by atoms with van der Waals surface area (Å²) in [5, 5.41) is 2.72. The molecule has 0 aliphatic rings. The van der Waals surface area contributed by atoms with Gasteiger partial charge in [-0.15, -0.1) is 11.3 Å². The zero-order valence-electron chi connectivity index (χ0n) is 15.0. The average molecular weight is 424 g/mol. The first-order chi connectivity index (χ1) is 13.2. The lowest BCUT2D eigenvalue weighted by molar-refractivity contribution is -0.121. The fraction of sp³-hybridized carbons (Fsp3) is 0.235. The molecular weight excluding hydrogens is 407 g/mol. The average Bonchev–Trinajstić information content (AvgIpc) is 3.12. The largest absolute Gasteiger partial charge is 0.350 e. The third-order valence-electron chi connectivity index (χ3n) is 3.93. The summed E-state index contributed by atoms with van der Waals surface area (Å²) >= 11 is 1.06. The number of nitrogens with one attached hydrogen (secondary N) is 1. The van der Waals surface area contributed by atoms with Gasteiger partial charge in [-0.05, 0) is 30.3 Å². The summed E-state index contributed by atoms with van der Waals surface area (Å²) in [4.78, 5) is 29.2. The Morgan fingerprint density at radius 1 is 1.29 bits per heavy atom. The van der Waals surface area contributed by atoms with Crippen LogP contribution in [0, 0.1) is 5.82 Å². The van der Waals surface area contributed by atoms with Gasteiger partial charge in [-0.3, -0.25) is 14.2 Å². The maximum Gasteiger partial charge on any atom is 0.261 e. The molecule has 0 fully saturated rings. The number of rotatable bonds is 6. The first kappa shape index (κ1) is 20.1. The van der Waals surface area contributed by atoms with Crippen LogP contribution in [0.5, 0.6) is 0 Å². The molecule has 0 unspecified atom stereocenters. The van der Waals surface area contributed by atoms with Crippen molar-refractivity contribution in [2.75, 3.05) is 14.1 Å². The lowest BCUT2D eigenvalue weighted by Gasteiger charge is -2.08. The summed E-state index contributed by atoms with van der Waals surface area (Å²) in [7, 11) is -0.634. The zero-order chi connectivity index (χ0) is 20.5. The van der Waals surface area contributed by atoms with Crippen LogP contribution in [-0.2, 0) is 27.9 Å². The first-order valence-electron chi connectivity index (χ1n) is 8.11. The molecule has 0 aliphatic heterocycles. The van der Waals surface area contributed by atoms with Crippen LogP contribution in [0.1, 0.15) is 4.88 Å². The molecule has 0 saturated heterocycles. The van der Waals surface area contributed by atoms with Crippen LogP contribution < -0.4 is 10.9 Å². The molecule has 1 aromatic carbocycles. The minimum Gasteiger partial charge on any atom is -0.350 e. The quantitative estimate of drug-likeness (QED) is 0.640. The fourth-order valence-corrected chi connectivity index (χ4v) is 4.88. The smallest absolute Gasteiger partial charge is 0.261 e. The number of sulfonamides is 1. The van der Waals surface area contributed by atoms with Gasteiger partial charge in [0.2, 0.25) is 5.91 Å². The molecule has 1 N–H and O–H groups in total. The van der Waals surface area contributed by atoms with E-state index in [-0.39, 0.29) is 22.7 Å². The second-order valence-corrected chi connectivity index (χ2v) is 9.67. The molecule has 2 heterocycles. The van der Waals surface area contributed by atoms with Crippen LogP contribution in [0.2, 0.25) is 0 Å². The lowest BCUT2D eigenvalue weighted by atomic mass is 10.2. The zero-order valence-corrected chi connectivity index (χ0v) is 16.7. The Morgan fingerprint density at radius 3 is 2.75 bits per heavy atom. The highest BCUT2D eigenvalue weighted by Crippen LogP contribution is 2.23. The third kappa shape index (κ3) is 4.11. The molecule has 0 spiro atoms. The van der Waals surface area contributed by atoms with E-state index in [1.54, 1.807) is 6.07 Å². The van der Waals surface area contributed by atoms with Crippen molar-refractivity contribution in [1.29, 1.82) is 0 Å². The fourth-order valence-electron chi connectivity index (χ4n) is 2.41. The number of halogens is 1. The molecule has 3 aromatic rings. The van der Waals surface area contributed by atoms with E-state index in [4.69, 9.17) is 0 Å². The molecule has 148 valence electrons. The number of thiophene rings is 1. The Morgan fingerprint density at radius 2 is 2.04 bits per heavy atom. The Bertz CT molecular complexity index is 1200. The van der Waals surface area contributed by atoms with Gasteiger partial charge in [0.25, 0.3) is 15.6 Å². The molecule has 2 aromatic heterocycles. The molecule has 3 rings (SSSR count). The predicted molar refractivity (Wildman–Crippen MR) is 103 cm³/mol. The molecule has 0 radical (unpaired) electrons. The van der Waals surface area contributed by atoms with Crippen LogP contribution in [0.4, 0.5) is 4.39 Å². The number of hydrogen-bond donors (Lipinski definition) is 1. The highest BCUT2D eigenvalue weighted by atomic mass is 32.2. The number of hydrogen-bond acceptors (Lipinski definition) is 6. The van der Waals surface area contributed by atoms with Gasteiger partial charge in [0.1, 0.15) is 16.6 Å². The highest BCUT2D eigenvalue weighted by molar-refractivity contribution is 7.91. The van der Waals surface area contributed by atoms with E-state index >= 15 is 0 Å². The van der Waals surface area contributed by atoms with Gasteiger partial charge >= 0.3 is 0 Å². The van der Waals surface area contributed by atoms with Crippen molar-refractivity contribution in [3.05, 3.63) is 57.7 Å². The SMILES string of the molecule is CN(C)S(=O)(=O)c1ccc(CNC(=O)Cn2cnc3ccc(F)cc3c2=O)s1. The van der Waals surface area contributed by atoms with Crippen LogP contribution in [-0.4, -0.2) is 42.3 Å². The van der Waals surface area contributed by atoms with Gasteiger partial charge < -0.3 is 5.32 Å². The maximum absolute atomic E-state index is 13.4. The standard InChI is InChI=1S/C17H17FN4O4S2/c1-21(2)28(25,26)16-6-4-12(27-16)8-19-15(23)9-22-10-20-14-5-3-11(18)7-13(14)17(22)24/h3-7,10H,8-9H2,1-2H3,(H,19,23). The summed E-state index contributed by atoms with van der Waals surface area (Å²) < 4.78 is 39.9. The molecule has 0 bridgehead atoms. The van der Waals surface area contributed by atoms with Crippen molar-refractivity contribution >= 4 is 38.2 Å². The topological polar surface area (TPSA) is 101 Å². The van der Waals surface area contributed by atoms with E-state index in [1.807, 2.05) is 0 Å². The molecular formula is C17H17FN4O4S2. The predicted octanol–water partition coefficient (Wildman–Crippen LogP) is 1.16. The summed E-state index contributed by atoms with van der Waals surface area (Å²) in [6.45, 7) is -0.163. The monoisotopic (exact) mass is 424 g/mol. The maximum atomic E-state index is 13.4. The van der Waals surface area contributed by atoms with Gasteiger partial charge in [-0.2, -0.15) is 0 Å². The van der Waals surface area contributed by atoms with E-state index in [0.29, 0.717) is 10.4 Å². The van der Waals surface area contributed by atoms with Crippen molar-refractivity contribution in [3.8, 4) is 0 Å². The lowest BCUT2D eigenvalue weighted by Crippen LogP contribution is -2.32. The van der Waals surface area contributed by atoms with Gasteiger partial charge in [-0.25, -0.2) is 22.1 Å². The van der Waals surface area contributed by atoms with Crippen LogP contribution >= 0.6 is 11.3 Å². The Hall–Kier alpha value is -2.63. The van der Waals surface area contributed by atoms with Gasteiger partial charge in [0.15, 0.2) is 0 Å². The minimum absolute atomic E-state index is 0.0899. The molecule has 11 heteroatoms. The second-order valence-electron chi connectivity index (χ2n) is 6.12. The molecule has 8 nitrogen and oxygen atoms in total. The van der Waals surface area contributed by atoms with Crippen molar-refractivity contribution in [1.82, 2.24) is 19.2 Å². The van der Waals surface area contributed by atoms with Crippen LogP contribution in [0.3, 0.4) is 0 Å². The minimum atomic E-state index is -3.52. The summed E-state index contributed by atoms with van der Waals surface area (Å²) in [5.74, 6) is -1.01. The third-order valence-corrected chi connectivity index (χ3v) is 7.30. The van der Waals surface area contributed by atoms with Gasteiger partial charge in [0, 0.05) is 19.0 Å². The van der Waals surface area contributed by atoms with E-state index < -0.39 is 27.3 Å². The van der Waals surface area contributed by atoms with Crippen LogP contribution in [0.15, 0.2) is 45.7 Å². The first-order valence-corrected chi connectivity index (χ1v) is 10.4. The van der Waals surface area contributed by atoms with Gasteiger partial charge in [-0.1, -0.05) is 0 Å². The van der Waals surface area contributed by atoms with E-state index in [1.165, 1.54) is 38.6 Å². The number of carbonyl (C=O) groups excluding carboxylic acids is 1. The number of benzene rings is 1. The molecule has 0 saturated carbocycles. The number of fused-ring (bicyclic) bond motifs is 1. The van der Waals surface area contributed by atoms with Gasteiger partial charge in [0.05, 0.1) is 23.8 Å². The molecule has 0 atom stereocenters. The van der Waals surface area contributed by atoms with E-state index in [2.05, 4.69) is 10.3 Å². The summed E-state index contributed by atoms with van der Waals surface area (Å²) in [5.41, 5.74) is -0.175. The van der Waals surface area contributed by atoms with Crippen molar-refractivity contribution in [2.45, 2.75) is 17.3 Å². The van der Waals surface area contributed by atoms with Crippen molar-refractivity contribution < 1.29 is 17.6 Å². The molecule has 28 heavy (non-hydrogen) atoms. The number of carbonyl (C=O) groups is 1. The molecule has 0 aliphatic carbocycles. The summed E-state index contributed by atoms with van der Waals surface area (Å²) in [6.07, 6.45) is 1.23. The number of nitrogens with zero attached hydrogens (tertiary/aromatic N) is 3. The molecule has 1 amide bonds. The number of aromatic nitrogens is 2. The van der Waals surface area contributed by atoms with E-state index in [9.17, 15) is 22.4 Å². The van der Waals surface area contributed by atoms with Crippen LogP contribution in [0.25, 0.3) is 10.9 Å². The Balaban J connectivity index is 1.69. The van der Waals surface area contributed by atoms with Crippen molar-refractivity contribution in [2.24, 2.45) is 0 Å². The number of amides is 1. The normalized spacial score (nSPS) is 11.9. The van der Waals surface area contributed by atoms with E-state index in [0.717, 1.165) is 26.3 Å².